The first-order chi connectivity index (χ1) is 11.1. The van der Waals surface area contributed by atoms with E-state index >= 15 is 0 Å². The molecular weight excluding hydrogens is 336 g/mol. The summed E-state index contributed by atoms with van der Waals surface area (Å²) >= 11 is 2.93. The summed E-state index contributed by atoms with van der Waals surface area (Å²) in [7, 11) is 0. The highest BCUT2D eigenvalue weighted by Crippen LogP contribution is 2.16. The first-order valence-corrected chi connectivity index (χ1v) is 9.31. The Morgan fingerprint density at radius 2 is 2.26 bits per heavy atom. The van der Waals surface area contributed by atoms with Gasteiger partial charge in [-0.3, -0.25) is 14.9 Å². The van der Waals surface area contributed by atoms with Gasteiger partial charge in [-0.15, -0.1) is 10.2 Å². The van der Waals surface area contributed by atoms with E-state index in [-0.39, 0.29) is 11.7 Å². The van der Waals surface area contributed by atoms with Gasteiger partial charge in [0.05, 0.1) is 6.26 Å². The Morgan fingerprint density at radius 1 is 1.43 bits per heavy atom. The van der Waals surface area contributed by atoms with Crippen LogP contribution in [0, 0.1) is 0 Å². The molecule has 0 bridgehead atoms. The second kappa shape index (κ2) is 8.68. The molecule has 2 aromatic heterocycles. The quantitative estimate of drug-likeness (QED) is 0.754. The van der Waals surface area contributed by atoms with Gasteiger partial charge in [-0.1, -0.05) is 18.3 Å². The van der Waals surface area contributed by atoms with Gasteiger partial charge in [-0.25, -0.2) is 0 Å². The summed E-state index contributed by atoms with van der Waals surface area (Å²) in [6.07, 6.45) is 4.64. The Kier molecular flexibility index (Phi) is 6.60. The Bertz CT molecular complexity index is 642. The number of hydrogen-bond donors (Lipinski definition) is 2. The molecule has 7 nitrogen and oxygen atoms in total. The number of hydrogen-bond acceptors (Lipinski definition) is 7. The molecule has 0 aliphatic rings. The molecule has 9 heteroatoms. The fourth-order valence-corrected chi connectivity index (χ4v) is 2.93. The molecule has 2 heterocycles. The lowest BCUT2D eigenvalue weighted by Crippen LogP contribution is -2.44. The molecule has 2 rings (SSSR count). The number of nitrogens with one attached hydrogen (secondary N) is 2. The standard InChI is InChI=1S/C14H18N4O3S2/c1-3-11-17-18-14(23-11)16-12(19)9(6-8-22-2)15-13(20)10-5-4-7-21-10/h4-5,7,9H,3,6,8H2,1-2H3,(H,15,20)(H,16,18,19). The summed E-state index contributed by atoms with van der Waals surface area (Å²) in [5.74, 6) is 0.198. The molecule has 0 aliphatic heterocycles. The highest BCUT2D eigenvalue weighted by molar-refractivity contribution is 7.98. The number of thioether (sulfide) groups is 1. The predicted molar refractivity (Wildman–Crippen MR) is 90.9 cm³/mol. The fraction of sp³-hybridized carbons (Fsp3) is 0.429. The van der Waals surface area contributed by atoms with Crippen molar-refractivity contribution < 1.29 is 14.0 Å². The van der Waals surface area contributed by atoms with E-state index in [4.69, 9.17) is 4.42 Å². The highest BCUT2D eigenvalue weighted by atomic mass is 32.2. The third kappa shape index (κ3) is 5.07. The maximum absolute atomic E-state index is 12.4. The van der Waals surface area contributed by atoms with E-state index in [9.17, 15) is 9.59 Å². The number of carbonyl (C=O) groups is 2. The third-order valence-corrected chi connectivity index (χ3v) is 4.60. The van der Waals surface area contributed by atoms with Crippen molar-refractivity contribution in [3.05, 3.63) is 29.2 Å². The van der Waals surface area contributed by atoms with Crippen molar-refractivity contribution in [1.82, 2.24) is 15.5 Å². The normalized spacial score (nSPS) is 11.9. The largest absolute Gasteiger partial charge is 0.459 e. The lowest BCUT2D eigenvalue weighted by atomic mass is 10.2. The Morgan fingerprint density at radius 3 is 2.87 bits per heavy atom. The van der Waals surface area contributed by atoms with Crippen molar-refractivity contribution >= 4 is 40.0 Å². The van der Waals surface area contributed by atoms with Crippen LogP contribution in [-0.4, -0.2) is 40.1 Å². The van der Waals surface area contributed by atoms with Crippen molar-refractivity contribution in [2.75, 3.05) is 17.3 Å². The zero-order valence-corrected chi connectivity index (χ0v) is 14.5. The number of anilines is 1. The lowest BCUT2D eigenvalue weighted by Gasteiger charge is -2.16. The highest BCUT2D eigenvalue weighted by Gasteiger charge is 2.23. The van der Waals surface area contributed by atoms with Crippen molar-refractivity contribution in [3.63, 3.8) is 0 Å². The molecule has 0 aromatic carbocycles. The average Bonchev–Trinajstić information content (AvgIpc) is 3.22. The van der Waals surface area contributed by atoms with Crippen LogP contribution >= 0.6 is 23.1 Å². The fourth-order valence-electron chi connectivity index (χ4n) is 1.78. The molecular formula is C14H18N4O3S2. The van der Waals surface area contributed by atoms with Gasteiger partial charge in [-0.05, 0) is 37.0 Å². The number of furan rings is 1. The van der Waals surface area contributed by atoms with Gasteiger partial charge in [-0.2, -0.15) is 11.8 Å². The number of aromatic nitrogens is 2. The van der Waals surface area contributed by atoms with Crippen LogP contribution in [0.15, 0.2) is 22.8 Å². The minimum Gasteiger partial charge on any atom is -0.459 e. The van der Waals surface area contributed by atoms with Crippen molar-refractivity contribution in [1.29, 1.82) is 0 Å². The molecule has 0 spiro atoms. The van der Waals surface area contributed by atoms with Crippen LogP contribution in [0.3, 0.4) is 0 Å². The van der Waals surface area contributed by atoms with E-state index in [2.05, 4.69) is 20.8 Å². The number of nitrogens with zero attached hydrogens (tertiary/aromatic N) is 2. The molecule has 1 unspecified atom stereocenters. The summed E-state index contributed by atoms with van der Waals surface area (Å²) in [6, 6.07) is 2.52. The Balaban J connectivity index is 2.01. The summed E-state index contributed by atoms with van der Waals surface area (Å²) in [4.78, 5) is 24.5. The van der Waals surface area contributed by atoms with E-state index < -0.39 is 11.9 Å². The number of carbonyl (C=O) groups excluding carboxylic acids is 2. The van der Waals surface area contributed by atoms with E-state index in [0.717, 1.165) is 17.2 Å². The Labute approximate surface area is 142 Å². The maximum Gasteiger partial charge on any atom is 0.287 e. The number of rotatable bonds is 8. The minimum absolute atomic E-state index is 0.177. The first kappa shape index (κ1) is 17.5. The van der Waals surface area contributed by atoms with Crippen LogP contribution in [-0.2, 0) is 11.2 Å². The van der Waals surface area contributed by atoms with Crippen molar-refractivity contribution in [2.24, 2.45) is 0 Å². The van der Waals surface area contributed by atoms with Crippen LogP contribution in [0.4, 0.5) is 5.13 Å². The monoisotopic (exact) mass is 354 g/mol. The molecule has 0 saturated heterocycles. The molecule has 124 valence electrons. The van der Waals surface area contributed by atoms with Gasteiger partial charge < -0.3 is 9.73 Å². The van der Waals surface area contributed by atoms with Gasteiger partial charge in [0.15, 0.2) is 5.76 Å². The van der Waals surface area contributed by atoms with Gasteiger partial charge in [0.25, 0.3) is 5.91 Å². The average molecular weight is 354 g/mol. The van der Waals surface area contributed by atoms with E-state index in [1.54, 1.807) is 23.9 Å². The third-order valence-electron chi connectivity index (χ3n) is 2.98. The molecule has 0 fully saturated rings. The zero-order chi connectivity index (χ0) is 16.7. The van der Waals surface area contributed by atoms with Crippen LogP contribution in [0.1, 0.15) is 28.9 Å². The van der Waals surface area contributed by atoms with Crippen LogP contribution in [0.5, 0.6) is 0 Å². The second-order valence-electron chi connectivity index (χ2n) is 4.63. The summed E-state index contributed by atoms with van der Waals surface area (Å²) < 4.78 is 5.05. The summed E-state index contributed by atoms with van der Waals surface area (Å²) in [5.41, 5.74) is 0. The first-order valence-electron chi connectivity index (χ1n) is 7.10. The summed E-state index contributed by atoms with van der Waals surface area (Å²) in [6.45, 7) is 1.97. The Hall–Kier alpha value is -1.87. The van der Waals surface area contributed by atoms with Crippen LogP contribution in [0.25, 0.3) is 0 Å². The molecule has 0 saturated carbocycles. The smallest absolute Gasteiger partial charge is 0.287 e. The zero-order valence-electron chi connectivity index (χ0n) is 12.9. The van der Waals surface area contributed by atoms with Crippen LogP contribution < -0.4 is 10.6 Å². The van der Waals surface area contributed by atoms with Crippen molar-refractivity contribution in [2.45, 2.75) is 25.8 Å². The molecule has 2 aromatic rings. The predicted octanol–water partition coefficient (Wildman–Crippen LogP) is 2.18. The molecule has 23 heavy (non-hydrogen) atoms. The topological polar surface area (TPSA) is 97.1 Å². The molecule has 2 amide bonds. The van der Waals surface area contributed by atoms with Gasteiger partial charge in [0.1, 0.15) is 11.0 Å². The maximum atomic E-state index is 12.4. The minimum atomic E-state index is -0.658. The van der Waals surface area contributed by atoms with Crippen molar-refractivity contribution in [3.8, 4) is 0 Å². The van der Waals surface area contributed by atoms with Crippen LogP contribution in [0.2, 0.25) is 0 Å². The second-order valence-corrected chi connectivity index (χ2v) is 6.68. The number of amides is 2. The van der Waals surface area contributed by atoms with E-state index in [1.165, 1.54) is 17.6 Å². The van der Waals surface area contributed by atoms with E-state index in [0.29, 0.717) is 11.6 Å². The molecule has 1 atom stereocenters. The molecule has 0 aliphatic carbocycles. The van der Waals surface area contributed by atoms with Gasteiger partial charge >= 0.3 is 0 Å². The molecule has 2 N–H and O–H groups in total. The van der Waals surface area contributed by atoms with E-state index in [1.807, 2.05) is 13.2 Å². The summed E-state index contributed by atoms with van der Waals surface area (Å²) in [5, 5.41) is 14.6. The molecule has 0 radical (unpaired) electrons. The van der Waals surface area contributed by atoms with Gasteiger partial charge in [0.2, 0.25) is 11.0 Å². The SMILES string of the molecule is CCc1nnc(NC(=O)C(CCSC)NC(=O)c2ccco2)s1. The lowest BCUT2D eigenvalue weighted by molar-refractivity contribution is -0.118. The van der Waals surface area contributed by atoms with Gasteiger partial charge in [0, 0.05) is 0 Å². The number of aryl methyl sites for hydroxylation is 1.